The van der Waals surface area contributed by atoms with E-state index in [0.717, 1.165) is 27.1 Å². The maximum absolute atomic E-state index is 11.4. The van der Waals surface area contributed by atoms with Gasteiger partial charge in [0.05, 0.1) is 13.5 Å². The minimum atomic E-state index is -0.853. The van der Waals surface area contributed by atoms with Gasteiger partial charge in [-0.3, -0.25) is 9.59 Å². The molecule has 2 aromatic carbocycles. The Kier molecular flexibility index (Phi) is 6.02. The summed E-state index contributed by atoms with van der Waals surface area (Å²) in [5, 5.41) is 11.6. The second-order valence-corrected chi connectivity index (χ2v) is 7.53. The van der Waals surface area contributed by atoms with Crippen LogP contribution >= 0.6 is 22.9 Å². The fourth-order valence-corrected chi connectivity index (χ4v) is 4.24. The molecule has 0 bridgehead atoms. The van der Waals surface area contributed by atoms with Gasteiger partial charge >= 0.3 is 5.97 Å². The number of benzene rings is 2. The van der Waals surface area contributed by atoms with Crippen LogP contribution in [0.25, 0.3) is 22.3 Å². The largest absolute Gasteiger partial charge is 0.496 e. The van der Waals surface area contributed by atoms with Crippen molar-refractivity contribution in [1.29, 1.82) is 0 Å². The van der Waals surface area contributed by atoms with Gasteiger partial charge in [0.2, 0.25) is 5.91 Å². The summed E-state index contributed by atoms with van der Waals surface area (Å²) in [5.41, 5.74) is 9.32. The summed E-state index contributed by atoms with van der Waals surface area (Å²) < 4.78 is 5.49. The zero-order valence-electron chi connectivity index (χ0n) is 15.1. The summed E-state index contributed by atoms with van der Waals surface area (Å²) in [6.45, 7) is 0. The molecule has 0 saturated carbocycles. The fourth-order valence-electron chi connectivity index (χ4n) is 3.01. The zero-order valence-corrected chi connectivity index (χ0v) is 16.6. The van der Waals surface area contributed by atoms with Gasteiger partial charge in [0.1, 0.15) is 5.75 Å². The molecule has 0 aliphatic carbocycles. The molecule has 0 unspecified atom stereocenters. The van der Waals surface area contributed by atoms with Crippen LogP contribution < -0.4 is 10.5 Å². The summed E-state index contributed by atoms with van der Waals surface area (Å²) in [6.07, 6.45) is 0.437. The van der Waals surface area contributed by atoms with E-state index >= 15 is 0 Å². The highest BCUT2D eigenvalue weighted by Crippen LogP contribution is 2.43. The first-order valence-corrected chi connectivity index (χ1v) is 9.72. The van der Waals surface area contributed by atoms with Crippen LogP contribution in [0.1, 0.15) is 21.7 Å². The third-order valence-electron chi connectivity index (χ3n) is 4.34. The van der Waals surface area contributed by atoms with E-state index in [9.17, 15) is 9.59 Å². The molecule has 1 amide bonds. The molecular formula is C21H18ClNO4S. The highest BCUT2D eigenvalue weighted by atomic mass is 35.5. The van der Waals surface area contributed by atoms with Crippen molar-refractivity contribution in [2.75, 3.05) is 7.11 Å². The molecule has 144 valence electrons. The number of aryl methyl sites for hydroxylation is 1. The predicted molar refractivity (Wildman–Crippen MR) is 111 cm³/mol. The number of thiophene rings is 1. The summed E-state index contributed by atoms with van der Waals surface area (Å²) >= 11 is 7.59. The number of carbonyl (C=O) groups excluding carboxylic acids is 1. The van der Waals surface area contributed by atoms with Crippen LogP contribution in [0, 0.1) is 0 Å². The van der Waals surface area contributed by atoms with E-state index in [0.29, 0.717) is 22.8 Å². The number of rotatable bonds is 7. The van der Waals surface area contributed by atoms with Crippen molar-refractivity contribution in [1.82, 2.24) is 0 Å². The van der Waals surface area contributed by atoms with Crippen molar-refractivity contribution in [2.24, 2.45) is 5.73 Å². The molecule has 0 aliphatic heterocycles. The van der Waals surface area contributed by atoms with Crippen LogP contribution in [0.2, 0.25) is 5.02 Å². The first-order valence-electron chi connectivity index (χ1n) is 8.47. The Hall–Kier alpha value is -2.83. The number of primary amides is 1. The van der Waals surface area contributed by atoms with Crippen LogP contribution in [0.3, 0.4) is 0 Å². The second kappa shape index (κ2) is 8.46. The van der Waals surface area contributed by atoms with E-state index in [1.54, 1.807) is 31.4 Å². The lowest BCUT2D eigenvalue weighted by Gasteiger charge is -2.12. The zero-order chi connectivity index (χ0) is 20.3. The maximum atomic E-state index is 11.4. The van der Waals surface area contributed by atoms with Gasteiger partial charge in [-0.15, -0.1) is 11.3 Å². The number of aliphatic carboxylic acids is 1. The lowest BCUT2D eigenvalue weighted by Crippen LogP contribution is -2.10. The monoisotopic (exact) mass is 415 g/mol. The van der Waals surface area contributed by atoms with Gasteiger partial charge in [0, 0.05) is 32.2 Å². The van der Waals surface area contributed by atoms with Crippen molar-refractivity contribution >= 4 is 34.8 Å². The van der Waals surface area contributed by atoms with E-state index < -0.39 is 11.9 Å². The number of halogens is 1. The normalized spacial score (nSPS) is 10.6. The van der Waals surface area contributed by atoms with Crippen molar-refractivity contribution in [3.8, 4) is 28.0 Å². The number of amides is 1. The Bertz CT molecular complexity index is 1030. The van der Waals surface area contributed by atoms with Crippen molar-refractivity contribution < 1.29 is 19.4 Å². The minimum absolute atomic E-state index is 0.0318. The number of methoxy groups -OCH3 is 1. The number of carboxylic acid groups (broad SMARTS) is 1. The highest BCUT2D eigenvalue weighted by Gasteiger charge is 2.19. The SMILES string of the molecule is COc1cc(Cl)ccc1-c1csc(CCC(=O)O)c1-c1ccc(C(N)=O)cc1. The Morgan fingerprint density at radius 1 is 1.14 bits per heavy atom. The van der Waals surface area contributed by atoms with Crippen LogP contribution in [-0.4, -0.2) is 24.1 Å². The Morgan fingerprint density at radius 2 is 1.86 bits per heavy atom. The molecular weight excluding hydrogens is 398 g/mol. The second-order valence-electron chi connectivity index (χ2n) is 6.13. The van der Waals surface area contributed by atoms with E-state index in [1.807, 2.05) is 23.6 Å². The summed E-state index contributed by atoms with van der Waals surface area (Å²) in [7, 11) is 1.58. The van der Waals surface area contributed by atoms with Crippen LogP contribution in [0.4, 0.5) is 0 Å². The third-order valence-corrected chi connectivity index (χ3v) is 5.63. The van der Waals surface area contributed by atoms with Crippen LogP contribution in [0.5, 0.6) is 5.75 Å². The molecule has 0 aliphatic rings. The van der Waals surface area contributed by atoms with Crippen molar-refractivity contribution in [2.45, 2.75) is 12.8 Å². The van der Waals surface area contributed by atoms with Gasteiger partial charge in [-0.05, 0) is 47.7 Å². The number of hydrogen-bond acceptors (Lipinski definition) is 4. The lowest BCUT2D eigenvalue weighted by atomic mass is 9.94. The van der Waals surface area contributed by atoms with E-state index in [1.165, 1.54) is 11.3 Å². The molecule has 5 nitrogen and oxygen atoms in total. The van der Waals surface area contributed by atoms with Crippen molar-refractivity contribution in [3.05, 3.63) is 63.3 Å². The third kappa shape index (κ3) is 4.18. The summed E-state index contributed by atoms with van der Waals surface area (Å²) in [5.74, 6) is -0.721. The average Bonchev–Trinajstić information content (AvgIpc) is 3.09. The highest BCUT2D eigenvalue weighted by molar-refractivity contribution is 7.11. The standard InChI is InChI=1S/C21H18ClNO4S/c1-27-17-10-14(22)6-7-15(17)16-11-28-18(8-9-19(24)25)20(16)12-2-4-13(5-3-12)21(23)26/h2-7,10-11H,8-9H2,1H3,(H2,23,26)(H,24,25). The molecule has 1 aromatic heterocycles. The van der Waals surface area contributed by atoms with Gasteiger partial charge in [0.25, 0.3) is 0 Å². The topological polar surface area (TPSA) is 89.6 Å². The minimum Gasteiger partial charge on any atom is -0.496 e. The first-order chi connectivity index (χ1) is 13.4. The molecule has 0 radical (unpaired) electrons. The Balaban J connectivity index is 2.16. The molecule has 3 rings (SSSR count). The molecule has 0 saturated heterocycles. The number of carboxylic acids is 1. The van der Waals surface area contributed by atoms with E-state index in [4.69, 9.17) is 27.2 Å². The molecule has 0 fully saturated rings. The van der Waals surface area contributed by atoms with Gasteiger partial charge in [-0.1, -0.05) is 23.7 Å². The van der Waals surface area contributed by atoms with Gasteiger partial charge in [-0.2, -0.15) is 0 Å². The van der Waals surface area contributed by atoms with Crippen LogP contribution in [0.15, 0.2) is 47.8 Å². The molecule has 28 heavy (non-hydrogen) atoms. The van der Waals surface area contributed by atoms with E-state index in [2.05, 4.69) is 0 Å². The number of hydrogen-bond donors (Lipinski definition) is 2. The van der Waals surface area contributed by atoms with Crippen molar-refractivity contribution in [3.63, 3.8) is 0 Å². The Morgan fingerprint density at radius 3 is 2.46 bits per heavy atom. The molecule has 1 heterocycles. The van der Waals surface area contributed by atoms with Gasteiger partial charge < -0.3 is 15.6 Å². The predicted octanol–water partition coefficient (Wildman–Crippen LogP) is 4.86. The summed E-state index contributed by atoms with van der Waals surface area (Å²) in [6, 6.07) is 12.4. The quantitative estimate of drug-likeness (QED) is 0.576. The van der Waals surface area contributed by atoms with Gasteiger partial charge in [-0.25, -0.2) is 0 Å². The molecule has 0 spiro atoms. The number of carbonyl (C=O) groups is 2. The number of nitrogens with two attached hydrogens (primary N) is 1. The number of ether oxygens (including phenoxy) is 1. The average molecular weight is 416 g/mol. The molecule has 0 atom stereocenters. The molecule has 3 N–H and O–H groups in total. The maximum Gasteiger partial charge on any atom is 0.303 e. The molecule has 7 heteroatoms. The fraction of sp³-hybridized carbons (Fsp3) is 0.143. The van der Waals surface area contributed by atoms with Gasteiger partial charge in [0.15, 0.2) is 0 Å². The summed E-state index contributed by atoms with van der Waals surface area (Å²) in [4.78, 5) is 23.4. The Labute approximate surface area is 171 Å². The molecule has 3 aromatic rings. The van der Waals surface area contributed by atoms with Crippen LogP contribution in [-0.2, 0) is 11.2 Å². The smallest absolute Gasteiger partial charge is 0.303 e. The lowest BCUT2D eigenvalue weighted by molar-refractivity contribution is -0.136. The van der Waals surface area contributed by atoms with E-state index in [-0.39, 0.29) is 6.42 Å². The first kappa shape index (κ1) is 19.9.